The molecular weight excluding hydrogens is 528 g/mol. The molecule has 0 aliphatic heterocycles. The van der Waals surface area contributed by atoms with Gasteiger partial charge in [-0.1, -0.05) is 24.3 Å². The van der Waals surface area contributed by atoms with Gasteiger partial charge in [-0.25, -0.2) is 0 Å². The molecule has 0 radical (unpaired) electrons. The second-order valence-electron chi connectivity index (χ2n) is 4.00. The summed E-state index contributed by atoms with van der Waals surface area (Å²) < 4.78 is -3.73. The van der Waals surface area contributed by atoms with Gasteiger partial charge in [0.05, 0.1) is 9.79 Å². The fourth-order valence-corrected chi connectivity index (χ4v) is 10.2. The third-order valence-corrected chi connectivity index (χ3v) is 13.4. The summed E-state index contributed by atoms with van der Waals surface area (Å²) in [6.45, 7) is 0. The van der Waals surface area contributed by atoms with Gasteiger partial charge in [0.2, 0.25) is 0 Å². The average Bonchev–Trinajstić information content (AvgIpc) is 2.28. The number of phenols is 2. The van der Waals surface area contributed by atoms with Gasteiger partial charge in [-0.2, -0.15) is 0 Å². The Morgan fingerprint density at radius 3 is 1.26 bits per heavy atom. The molecule has 0 amide bonds. The molecule has 0 heterocycles. The van der Waals surface area contributed by atoms with E-state index in [0.29, 0.717) is 9.79 Å². The van der Waals surface area contributed by atoms with E-state index >= 15 is 0 Å². The van der Waals surface area contributed by atoms with Crippen LogP contribution in [0.15, 0.2) is 58.3 Å². The van der Waals surface area contributed by atoms with E-state index in [4.69, 9.17) is 0 Å². The SMILES string of the molecule is Oc1ccccc1S(Br)(Br)(Br)(Br)c1ccccc1O. The van der Waals surface area contributed by atoms with Crippen molar-refractivity contribution >= 4 is 61.3 Å². The van der Waals surface area contributed by atoms with Crippen molar-refractivity contribution in [1.82, 2.24) is 0 Å². The molecular formula is C12H10Br4O2S. The van der Waals surface area contributed by atoms with E-state index in [0.717, 1.165) is 0 Å². The van der Waals surface area contributed by atoms with E-state index in [9.17, 15) is 10.2 Å². The number of benzene rings is 2. The van der Waals surface area contributed by atoms with Crippen LogP contribution in [0.1, 0.15) is 0 Å². The van der Waals surface area contributed by atoms with Crippen molar-refractivity contribution in [1.29, 1.82) is 0 Å². The quantitative estimate of drug-likeness (QED) is 0.451. The Kier molecular flexibility index (Phi) is 3.63. The first kappa shape index (κ1) is 15.7. The molecule has 0 fully saturated rings. The second-order valence-corrected chi connectivity index (χ2v) is 42.1. The molecule has 0 saturated carbocycles. The summed E-state index contributed by atoms with van der Waals surface area (Å²) >= 11 is 14.6. The molecule has 0 bridgehead atoms. The Bertz CT molecular complexity index is 599. The minimum atomic E-state index is -3.73. The van der Waals surface area contributed by atoms with Crippen LogP contribution >= 0.6 is 61.3 Å². The van der Waals surface area contributed by atoms with E-state index < -0.39 is 2.03 Å². The van der Waals surface area contributed by atoms with Crippen molar-refractivity contribution in [2.45, 2.75) is 9.79 Å². The predicted octanol–water partition coefficient (Wildman–Crippen LogP) is 6.63. The van der Waals surface area contributed by atoms with Gasteiger partial charge in [0.1, 0.15) is 11.5 Å². The van der Waals surface area contributed by atoms with Crippen LogP contribution in [-0.2, 0) is 0 Å². The zero-order chi connectivity index (χ0) is 14.4. The van der Waals surface area contributed by atoms with Gasteiger partial charge in [-0.15, -0.1) is 0 Å². The lowest BCUT2D eigenvalue weighted by Gasteiger charge is -2.59. The highest BCUT2D eigenvalue weighted by molar-refractivity contribution is 10.5. The molecule has 0 atom stereocenters. The number of halogens is 4. The Morgan fingerprint density at radius 1 is 0.632 bits per heavy atom. The highest BCUT2D eigenvalue weighted by Crippen LogP contribution is 3.19. The van der Waals surface area contributed by atoms with Crippen molar-refractivity contribution in [2.75, 3.05) is 0 Å². The lowest BCUT2D eigenvalue weighted by atomic mass is 10.3. The van der Waals surface area contributed by atoms with Crippen LogP contribution in [0.4, 0.5) is 0 Å². The van der Waals surface area contributed by atoms with Crippen LogP contribution in [0.3, 0.4) is 0 Å². The first-order valence-corrected chi connectivity index (χ1v) is 14.9. The number of phenolic OH excluding ortho intramolecular Hbond substituents is 2. The van der Waals surface area contributed by atoms with Crippen LogP contribution < -0.4 is 0 Å². The lowest BCUT2D eigenvalue weighted by molar-refractivity contribution is 0.459. The zero-order valence-corrected chi connectivity index (χ0v) is 16.6. The summed E-state index contributed by atoms with van der Waals surface area (Å²) in [5, 5.41) is 20.3. The normalized spacial score (nSPS) is 15.6. The second kappa shape index (κ2) is 4.40. The van der Waals surface area contributed by atoms with Gasteiger partial charge in [0.25, 0.3) is 0 Å². The molecule has 0 aliphatic carbocycles. The maximum absolute atomic E-state index is 10.2. The van der Waals surface area contributed by atoms with Gasteiger partial charge in [-0.05, 0) is 85.5 Å². The fraction of sp³-hybridized carbons (Fsp3) is 0. The lowest BCUT2D eigenvalue weighted by Crippen LogP contribution is -2.07. The van der Waals surface area contributed by atoms with Crippen LogP contribution in [0.25, 0.3) is 0 Å². The van der Waals surface area contributed by atoms with Crippen molar-refractivity contribution in [3.05, 3.63) is 48.5 Å². The summed E-state index contributed by atoms with van der Waals surface area (Å²) in [5.41, 5.74) is 0. The summed E-state index contributed by atoms with van der Waals surface area (Å²) in [6, 6.07) is 13.8. The molecule has 2 nitrogen and oxygen atoms in total. The first-order chi connectivity index (χ1) is 8.56. The topological polar surface area (TPSA) is 40.5 Å². The standard InChI is InChI=1S/C12H10Br4O2S/c13-19(14,15,16,11-7-3-1-5-9(11)17)12-8-4-2-6-10(12)18/h1-8,17-18H. The molecule has 0 spiro atoms. The zero-order valence-electron chi connectivity index (χ0n) is 9.43. The van der Waals surface area contributed by atoms with E-state index in [1.165, 1.54) is 0 Å². The molecule has 0 aliphatic rings. The van der Waals surface area contributed by atoms with E-state index in [-0.39, 0.29) is 11.5 Å². The smallest absolute Gasteiger partial charge is 0.129 e. The van der Waals surface area contributed by atoms with Crippen LogP contribution in [0, 0.1) is 0 Å². The third kappa shape index (κ3) is 2.72. The summed E-state index contributed by atoms with van der Waals surface area (Å²) in [5.74, 6) is 0.185. The molecule has 2 aromatic rings. The molecule has 2 rings (SSSR count). The number of aromatic hydroxyl groups is 2. The average molecular weight is 538 g/mol. The largest absolute Gasteiger partial charge is 0.507 e. The van der Waals surface area contributed by atoms with Crippen LogP contribution in [0.5, 0.6) is 11.5 Å². The molecule has 7 heteroatoms. The Morgan fingerprint density at radius 2 is 0.947 bits per heavy atom. The molecule has 104 valence electrons. The van der Waals surface area contributed by atoms with Crippen LogP contribution in [0.2, 0.25) is 0 Å². The highest BCUT2D eigenvalue weighted by Gasteiger charge is 2.58. The molecule has 0 unspecified atom stereocenters. The number of rotatable bonds is 2. The molecule has 2 N–H and O–H groups in total. The predicted molar refractivity (Wildman–Crippen MR) is 96.0 cm³/mol. The molecule has 19 heavy (non-hydrogen) atoms. The number of hydrogen-bond acceptors (Lipinski definition) is 2. The summed E-state index contributed by atoms with van der Waals surface area (Å²) in [6.07, 6.45) is 0. The monoisotopic (exact) mass is 534 g/mol. The summed E-state index contributed by atoms with van der Waals surface area (Å²) in [7, 11) is 0. The third-order valence-electron chi connectivity index (χ3n) is 2.62. The number of para-hydroxylation sites is 2. The Labute approximate surface area is 140 Å². The van der Waals surface area contributed by atoms with E-state index in [1.807, 2.05) is 0 Å². The van der Waals surface area contributed by atoms with Gasteiger partial charge < -0.3 is 10.2 Å². The molecule has 2 aromatic carbocycles. The maximum atomic E-state index is 10.2. The fourth-order valence-electron chi connectivity index (χ4n) is 1.73. The van der Waals surface area contributed by atoms with Gasteiger partial charge in [0, 0.05) is 0 Å². The Balaban J connectivity index is 2.89. The van der Waals surface area contributed by atoms with Crippen LogP contribution in [-0.4, -0.2) is 10.2 Å². The van der Waals surface area contributed by atoms with Gasteiger partial charge in [-0.3, -0.25) is 0 Å². The molecule has 0 saturated heterocycles. The van der Waals surface area contributed by atoms with E-state index in [1.54, 1.807) is 48.5 Å². The van der Waals surface area contributed by atoms with Crippen molar-refractivity contribution in [3.8, 4) is 11.5 Å². The van der Waals surface area contributed by atoms with E-state index in [2.05, 4.69) is 59.3 Å². The Hall–Kier alpha value is 0.310. The summed E-state index contributed by atoms with van der Waals surface area (Å²) in [4.78, 5) is 1.12. The first-order valence-electron chi connectivity index (χ1n) is 5.13. The minimum absolute atomic E-state index is 0.0925. The van der Waals surface area contributed by atoms with Crippen molar-refractivity contribution in [2.24, 2.45) is 0 Å². The van der Waals surface area contributed by atoms with Crippen molar-refractivity contribution in [3.63, 3.8) is 0 Å². The highest BCUT2D eigenvalue weighted by atomic mass is 80.0. The van der Waals surface area contributed by atoms with Crippen molar-refractivity contribution < 1.29 is 10.2 Å². The molecule has 0 aromatic heterocycles. The minimum Gasteiger partial charge on any atom is -0.507 e. The number of hydrogen-bond donors (Lipinski definition) is 2. The van der Waals surface area contributed by atoms with Gasteiger partial charge >= 0.3 is 0 Å². The van der Waals surface area contributed by atoms with Gasteiger partial charge in [0.15, 0.2) is 0 Å². The maximum Gasteiger partial charge on any atom is 0.129 e.